The maximum absolute atomic E-state index is 12.2. The molecule has 1 unspecified atom stereocenters. The van der Waals surface area contributed by atoms with Crippen LogP contribution in [0.2, 0.25) is 25.7 Å². The summed E-state index contributed by atoms with van der Waals surface area (Å²) in [6.45, 7) is 14.1. The normalized spacial score (nSPS) is 15.2. The molecule has 0 aliphatic heterocycles. The Morgan fingerprint density at radius 3 is 2.22 bits per heavy atom. The molecule has 0 heterocycles. The van der Waals surface area contributed by atoms with E-state index in [9.17, 15) is 4.55 Å². The fourth-order valence-corrected chi connectivity index (χ4v) is 3.19. The Kier molecular flexibility index (Phi) is 8.04. The van der Waals surface area contributed by atoms with Crippen LogP contribution in [0.5, 0.6) is 0 Å². The quantitative estimate of drug-likeness (QED) is 0.322. The second-order valence-corrected chi connectivity index (χ2v) is 14.5. The van der Waals surface area contributed by atoms with E-state index in [2.05, 4.69) is 19.6 Å². The minimum Gasteiger partial charge on any atom is -0.597 e. The third kappa shape index (κ3) is 8.50. The zero-order valence-corrected chi connectivity index (χ0v) is 14.5. The predicted octanol–water partition coefficient (Wildman–Crippen LogP) is 2.06. The number of hydrogen-bond donors (Lipinski definition) is 1. The van der Waals surface area contributed by atoms with Crippen molar-refractivity contribution in [2.24, 2.45) is 0 Å². The van der Waals surface area contributed by atoms with Crippen molar-refractivity contribution in [3.05, 3.63) is 0 Å². The molecule has 0 saturated carbocycles. The SMILES string of the molecule is CC(C)(C)[S+]([O-])N(CCO)COCC[Si](C)(C)C. The van der Waals surface area contributed by atoms with Crippen LogP contribution in [0.25, 0.3) is 0 Å². The Morgan fingerprint density at radius 1 is 1.28 bits per heavy atom. The minimum atomic E-state index is -1.14. The van der Waals surface area contributed by atoms with E-state index in [1.807, 2.05) is 20.8 Å². The topological polar surface area (TPSA) is 55.8 Å². The third-order valence-electron chi connectivity index (χ3n) is 2.34. The van der Waals surface area contributed by atoms with Gasteiger partial charge in [-0.05, 0) is 26.8 Å². The molecule has 0 fully saturated rings. The van der Waals surface area contributed by atoms with E-state index in [0.717, 1.165) is 6.04 Å². The Labute approximate surface area is 116 Å². The number of nitrogens with zero attached hydrogens (tertiary/aromatic N) is 1. The van der Waals surface area contributed by atoms with Crippen LogP contribution in [0.4, 0.5) is 0 Å². The smallest absolute Gasteiger partial charge is 0.142 e. The van der Waals surface area contributed by atoms with Crippen molar-refractivity contribution in [1.29, 1.82) is 0 Å². The lowest BCUT2D eigenvalue weighted by atomic mass is 10.3. The first kappa shape index (κ1) is 18.4. The van der Waals surface area contributed by atoms with Gasteiger partial charge in [0.25, 0.3) is 0 Å². The van der Waals surface area contributed by atoms with Gasteiger partial charge in [0, 0.05) is 26.0 Å². The van der Waals surface area contributed by atoms with Gasteiger partial charge in [-0.1, -0.05) is 23.9 Å². The van der Waals surface area contributed by atoms with Gasteiger partial charge < -0.3 is 14.4 Å². The zero-order chi connectivity index (χ0) is 14.4. The lowest BCUT2D eigenvalue weighted by Crippen LogP contribution is -2.45. The summed E-state index contributed by atoms with van der Waals surface area (Å²) in [6.07, 6.45) is 0. The lowest BCUT2D eigenvalue weighted by Gasteiger charge is -2.32. The summed E-state index contributed by atoms with van der Waals surface area (Å²) in [6, 6.07) is 1.10. The van der Waals surface area contributed by atoms with Gasteiger partial charge in [0.15, 0.2) is 0 Å². The summed E-state index contributed by atoms with van der Waals surface area (Å²) < 4.78 is 19.2. The van der Waals surface area contributed by atoms with E-state index in [0.29, 0.717) is 19.9 Å². The van der Waals surface area contributed by atoms with Crippen molar-refractivity contribution in [2.45, 2.75) is 51.2 Å². The average molecular weight is 296 g/mol. The number of rotatable bonds is 8. The van der Waals surface area contributed by atoms with E-state index in [-0.39, 0.29) is 11.4 Å². The maximum Gasteiger partial charge on any atom is 0.142 e. The van der Waals surface area contributed by atoms with Crippen molar-refractivity contribution >= 4 is 19.4 Å². The molecule has 18 heavy (non-hydrogen) atoms. The van der Waals surface area contributed by atoms with Crippen LogP contribution in [-0.4, -0.2) is 53.3 Å². The van der Waals surface area contributed by atoms with E-state index in [1.54, 1.807) is 4.31 Å². The van der Waals surface area contributed by atoms with E-state index < -0.39 is 19.4 Å². The Hall–Kier alpha value is 0.407. The Morgan fingerprint density at radius 2 is 1.83 bits per heavy atom. The Bertz CT molecular complexity index is 228. The molecular weight excluding hydrogens is 266 g/mol. The fourth-order valence-electron chi connectivity index (χ4n) is 1.24. The second kappa shape index (κ2) is 7.87. The van der Waals surface area contributed by atoms with Gasteiger partial charge in [0.2, 0.25) is 0 Å². The van der Waals surface area contributed by atoms with E-state index >= 15 is 0 Å². The predicted molar refractivity (Wildman–Crippen MR) is 80.7 cm³/mol. The highest BCUT2D eigenvalue weighted by atomic mass is 32.2. The molecule has 0 rings (SSSR count). The highest BCUT2D eigenvalue weighted by Gasteiger charge is 2.32. The third-order valence-corrected chi connectivity index (χ3v) is 5.85. The summed E-state index contributed by atoms with van der Waals surface area (Å²) in [5, 5.41) is 9.01. The van der Waals surface area contributed by atoms with E-state index in [1.165, 1.54) is 0 Å². The molecule has 1 N–H and O–H groups in total. The molecule has 0 aliphatic carbocycles. The van der Waals surface area contributed by atoms with Crippen LogP contribution < -0.4 is 0 Å². The molecule has 6 heteroatoms. The Balaban J connectivity index is 4.13. The molecule has 0 saturated heterocycles. The number of ether oxygens (including phenoxy) is 1. The molecule has 0 aromatic heterocycles. The number of hydrogen-bond acceptors (Lipinski definition) is 4. The molecule has 4 nitrogen and oxygen atoms in total. The van der Waals surface area contributed by atoms with Gasteiger partial charge in [-0.2, -0.15) is 0 Å². The van der Waals surface area contributed by atoms with Crippen molar-refractivity contribution in [3.63, 3.8) is 0 Å². The van der Waals surface area contributed by atoms with Gasteiger partial charge >= 0.3 is 0 Å². The molecule has 0 bridgehead atoms. The zero-order valence-electron chi connectivity index (χ0n) is 12.7. The van der Waals surface area contributed by atoms with Crippen LogP contribution in [0.15, 0.2) is 0 Å². The largest absolute Gasteiger partial charge is 0.597 e. The first-order valence-corrected chi connectivity index (χ1v) is 11.2. The number of aliphatic hydroxyl groups is 1. The summed E-state index contributed by atoms with van der Waals surface area (Å²) in [4.78, 5) is 0. The molecule has 0 aromatic rings. The molecule has 0 aromatic carbocycles. The van der Waals surface area contributed by atoms with Gasteiger partial charge in [-0.25, -0.2) is 0 Å². The molecule has 0 radical (unpaired) electrons. The van der Waals surface area contributed by atoms with Crippen molar-refractivity contribution in [3.8, 4) is 0 Å². The van der Waals surface area contributed by atoms with Gasteiger partial charge in [-0.15, -0.1) is 0 Å². The van der Waals surface area contributed by atoms with E-state index in [4.69, 9.17) is 9.84 Å². The first-order chi connectivity index (χ1) is 8.08. The van der Waals surface area contributed by atoms with Crippen LogP contribution in [-0.2, 0) is 16.1 Å². The minimum absolute atomic E-state index is 0.000793. The van der Waals surface area contributed by atoms with Crippen LogP contribution in [0.1, 0.15) is 20.8 Å². The van der Waals surface area contributed by atoms with Crippen molar-refractivity contribution in [2.75, 3.05) is 26.5 Å². The van der Waals surface area contributed by atoms with Gasteiger partial charge in [0.05, 0.1) is 13.2 Å². The highest BCUT2D eigenvalue weighted by Crippen LogP contribution is 2.20. The second-order valence-electron chi connectivity index (χ2n) is 6.64. The standard InChI is InChI=1S/C12H29NO3SSi/c1-12(2,3)17(15)13(7-8-14)11-16-9-10-18(4,5)6/h14H,7-11H2,1-6H3. The molecule has 110 valence electrons. The molecular formula is C12H29NO3SSi. The summed E-state index contributed by atoms with van der Waals surface area (Å²) in [5.41, 5.74) is 0. The first-order valence-electron chi connectivity index (χ1n) is 6.43. The lowest BCUT2D eigenvalue weighted by molar-refractivity contribution is 0.0706. The average Bonchev–Trinajstić information content (AvgIpc) is 2.19. The fraction of sp³-hybridized carbons (Fsp3) is 1.00. The van der Waals surface area contributed by atoms with Crippen LogP contribution in [0.3, 0.4) is 0 Å². The molecule has 0 spiro atoms. The summed E-state index contributed by atoms with van der Waals surface area (Å²) in [5.74, 6) is 0. The summed E-state index contributed by atoms with van der Waals surface area (Å²) >= 11 is -1.14. The van der Waals surface area contributed by atoms with Crippen molar-refractivity contribution < 1.29 is 14.4 Å². The number of aliphatic hydroxyl groups excluding tert-OH is 1. The van der Waals surface area contributed by atoms with Gasteiger partial charge in [0.1, 0.15) is 11.5 Å². The van der Waals surface area contributed by atoms with Crippen LogP contribution >= 0.6 is 0 Å². The monoisotopic (exact) mass is 295 g/mol. The van der Waals surface area contributed by atoms with Crippen molar-refractivity contribution in [1.82, 2.24) is 4.31 Å². The summed E-state index contributed by atoms with van der Waals surface area (Å²) in [7, 11) is -1.08. The maximum atomic E-state index is 12.2. The molecule has 1 atom stereocenters. The van der Waals surface area contributed by atoms with Crippen LogP contribution in [0, 0.1) is 0 Å². The molecule has 0 amide bonds. The van der Waals surface area contributed by atoms with Gasteiger partial charge in [-0.3, -0.25) is 0 Å². The molecule has 0 aliphatic rings. The highest BCUT2D eigenvalue weighted by molar-refractivity contribution is 7.90.